The number of ether oxygens (including phenoxy) is 5. The quantitative estimate of drug-likeness (QED) is 0.390. The van der Waals surface area contributed by atoms with Crippen LogP contribution in [-0.4, -0.2) is 39.8 Å². The summed E-state index contributed by atoms with van der Waals surface area (Å²) in [5.41, 5.74) is 1.65. The van der Waals surface area contributed by atoms with Crippen LogP contribution < -0.4 is 24.3 Å². The number of halogens is 1. The van der Waals surface area contributed by atoms with Gasteiger partial charge < -0.3 is 29.0 Å². The van der Waals surface area contributed by atoms with Crippen LogP contribution in [0.4, 0.5) is 0 Å². The first-order valence-electron chi connectivity index (χ1n) is 10.6. The molecular weight excluding hydrogens is 474 g/mol. The molecule has 0 saturated heterocycles. The Kier molecular flexibility index (Phi) is 9.20. The second kappa shape index (κ2) is 12.5. The number of nitrogens with one attached hydrogen (secondary N) is 1. The highest BCUT2D eigenvalue weighted by Crippen LogP contribution is 2.34. The third-order valence-corrected chi connectivity index (χ3v) is 5.41. The van der Waals surface area contributed by atoms with Crippen molar-refractivity contribution in [2.75, 3.05) is 27.9 Å². The lowest BCUT2D eigenvalue weighted by molar-refractivity contribution is -0.124. The van der Waals surface area contributed by atoms with Gasteiger partial charge in [0.1, 0.15) is 23.7 Å². The molecule has 3 aromatic rings. The van der Waals surface area contributed by atoms with Crippen molar-refractivity contribution in [3.8, 4) is 23.0 Å². The van der Waals surface area contributed by atoms with E-state index in [9.17, 15) is 9.59 Å². The highest BCUT2D eigenvalue weighted by molar-refractivity contribution is 6.31. The van der Waals surface area contributed by atoms with Gasteiger partial charge >= 0.3 is 5.97 Å². The predicted molar refractivity (Wildman–Crippen MR) is 130 cm³/mol. The number of para-hydroxylation sites is 1. The summed E-state index contributed by atoms with van der Waals surface area (Å²) in [5.74, 6) is 0.682. The van der Waals surface area contributed by atoms with Crippen LogP contribution in [0.1, 0.15) is 21.5 Å². The van der Waals surface area contributed by atoms with Crippen molar-refractivity contribution >= 4 is 23.5 Å². The zero-order chi connectivity index (χ0) is 25.2. The van der Waals surface area contributed by atoms with E-state index in [2.05, 4.69) is 5.32 Å². The van der Waals surface area contributed by atoms with E-state index in [0.717, 1.165) is 5.56 Å². The zero-order valence-electron chi connectivity index (χ0n) is 19.6. The molecule has 0 aromatic heterocycles. The summed E-state index contributed by atoms with van der Waals surface area (Å²) in [7, 11) is 4.55. The fraction of sp³-hybridized carbons (Fsp3) is 0.231. The minimum absolute atomic E-state index is 0.136. The lowest BCUT2D eigenvalue weighted by atomic mass is 10.1. The summed E-state index contributed by atoms with van der Waals surface area (Å²) in [6.07, 6.45) is 0. The number of carbonyl (C=O) groups is 2. The first-order valence-corrected chi connectivity index (χ1v) is 11.0. The molecule has 0 heterocycles. The van der Waals surface area contributed by atoms with Crippen molar-refractivity contribution in [2.24, 2.45) is 0 Å². The van der Waals surface area contributed by atoms with Crippen LogP contribution in [0.3, 0.4) is 0 Å². The average molecular weight is 500 g/mol. The maximum Gasteiger partial charge on any atom is 0.342 e. The Balaban J connectivity index is 1.57. The third-order valence-electron chi connectivity index (χ3n) is 5.04. The van der Waals surface area contributed by atoms with Gasteiger partial charge in [0.15, 0.2) is 18.1 Å². The van der Waals surface area contributed by atoms with Gasteiger partial charge in [-0.1, -0.05) is 41.9 Å². The molecule has 0 fully saturated rings. The normalized spacial score (nSPS) is 10.3. The maximum absolute atomic E-state index is 12.6. The zero-order valence-corrected chi connectivity index (χ0v) is 20.4. The van der Waals surface area contributed by atoms with Gasteiger partial charge in [-0.25, -0.2) is 4.79 Å². The Bertz CT molecular complexity index is 1180. The number of benzene rings is 3. The lowest BCUT2D eigenvalue weighted by Gasteiger charge is -2.15. The minimum Gasteiger partial charge on any atom is -0.496 e. The molecule has 8 nitrogen and oxygen atoms in total. The first-order chi connectivity index (χ1) is 17.0. The average Bonchev–Trinajstić information content (AvgIpc) is 2.89. The van der Waals surface area contributed by atoms with Gasteiger partial charge in [-0.2, -0.15) is 0 Å². The van der Waals surface area contributed by atoms with Crippen LogP contribution in [0.5, 0.6) is 23.0 Å². The summed E-state index contributed by atoms with van der Waals surface area (Å²) in [6.45, 7) is -0.150. The molecule has 1 amide bonds. The Labute approximate surface area is 208 Å². The SMILES string of the molecule is COc1cc(OC)c(OC)cc1CNC(=O)COC(=O)c1ccccc1OCc1ccccc1Cl. The van der Waals surface area contributed by atoms with E-state index in [4.69, 9.17) is 35.3 Å². The molecule has 0 atom stereocenters. The molecule has 0 bridgehead atoms. The van der Waals surface area contributed by atoms with E-state index in [0.29, 0.717) is 33.6 Å². The van der Waals surface area contributed by atoms with Crippen molar-refractivity contribution in [1.82, 2.24) is 5.32 Å². The Morgan fingerprint density at radius 2 is 1.46 bits per heavy atom. The van der Waals surface area contributed by atoms with E-state index >= 15 is 0 Å². The van der Waals surface area contributed by atoms with Gasteiger partial charge in [0.25, 0.3) is 5.91 Å². The number of amides is 1. The summed E-state index contributed by atoms with van der Waals surface area (Å²) >= 11 is 6.17. The lowest BCUT2D eigenvalue weighted by Crippen LogP contribution is -2.28. The van der Waals surface area contributed by atoms with Crippen LogP contribution in [-0.2, 0) is 22.7 Å². The number of methoxy groups -OCH3 is 3. The van der Waals surface area contributed by atoms with Gasteiger partial charge in [0.2, 0.25) is 0 Å². The molecule has 1 N–H and O–H groups in total. The van der Waals surface area contributed by atoms with Crippen molar-refractivity contribution in [1.29, 1.82) is 0 Å². The van der Waals surface area contributed by atoms with Crippen molar-refractivity contribution in [2.45, 2.75) is 13.2 Å². The number of hydrogen-bond donors (Lipinski definition) is 1. The molecule has 0 saturated carbocycles. The van der Waals surface area contributed by atoms with Crippen LogP contribution in [0.25, 0.3) is 0 Å². The molecule has 0 aliphatic rings. The summed E-state index contributed by atoms with van der Waals surface area (Å²) < 4.78 is 26.9. The molecule has 0 aliphatic carbocycles. The second-order valence-corrected chi connectivity index (χ2v) is 7.66. The van der Waals surface area contributed by atoms with Gasteiger partial charge in [-0.05, 0) is 24.3 Å². The standard InChI is InChI=1S/C26H26ClNO7/c1-31-22-13-24(33-3)23(32-2)12-18(22)14-28-25(29)16-35-26(30)19-9-5-7-11-21(19)34-15-17-8-4-6-10-20(17)27/h4-13H,14-16H2,1-3H3,(H,28,29). The van der Waals surface area contributed by atoms with Crippen molar-refractivity contribution in [3.63, 3.8) is 0 Å². The smallest absolute Gasteiger partial charge is 0.342 e. The predicted octanol–water partition coefficient (Wildman–Crippen LogP) is 4.42. The topological polar surface area (TPSA) is 92.3 Å². The molecule has 184 valence electrons. The summed E-state index contributed by atoms with van der Waals surface area (Å²) in [6, 6.07) is 17.3. The molecule has 0 aliphatic heterocycles. The number of hydrogen-bond acceptors (Lipinski definition) is 7. The summed E-state index contributed by atoms with van der Waals surface area (Å²) in [4.78, 5) is 24.9. The van der Waals surface area contributed by atoms with Crippen molar-refractivity contribution < 1.29 is 33.3 Å². The van der Waals surface area contributed by atoms with Gasteiger partial charge in [-0.15, -0.1) is 0 Å². The molecule has 0 radical (unpaired) electrons. The molecule has 9 heteroatoms. The third kappa shape index (κ3) is 6.80. The van der Waals surface area contributed by atoms with E-state index in [1.54, 1.807) is 42.5 Å². The molecule has 35 heavy (non-hydrogen) atoms. The van der Waals surface area contributed by atoms with Gasteiger partial charge in [0.05, 0.1) is 21.3 Å². The number of carbonyl (C=O) groups excluding carboxylic acids is 2. The highest BCUT2D eigenvalue weighted by atomic mass is 35.5. The number of rotatable bonds is 11. The van der Waals surface area contributed by atoms with Crippen LogP contribution in [0.15, 0.2) is 60.7 Å². The van der Waals surface area contributed by atoms with Crippen molar-refractivity contribution in [3.05, 3.63) is 82.4 Å². The van der Waals surface area contributed by atoms with E-state index in [-0.39, 0.29) is 18.7 Å². The van der Waals surface area contributed by atoms with E-state index in [1.165, 1.54) is 21.3 Å². The second-order valence-electron chi connectivity index (χ2n) is 7.25. The van der Waals surface area contributed by atoms with Gasteiger partial charge in [-0.3, -0.25) is 4.79 Å². The minimum atomic E-state index is -0.682. The molecule has 0 spiro atoms. The van der Waals surface area contributed by atoms with Gasteiger partial charge in [0, 0.05) is 28.8 Å². The number of esters is 1. The molecule has 3 aromatic carbocycles. The highest BCUT2D eigenvalue weighted by Gasteiger charge is 2.17. The largest absolute Gasteiger partial charge is 0.496 e. The Hall–Kier alpha value is -3.91. The summed E-state index contributed by atoms with van der Waals surface area (Å²) in [5, 5.41) is 3.26. The monoisotopic (exact) mass is 499 g/mol. The molecular formula is C26H26ClNO7. The fourth-order valence-corrected chi connectivity index (χ4v) is 3.41. The van der Waals surface area contributed by atoms with E-state index < -0.39 is 18.5 Å². The fourth-order valence-electron chi connectivity index (χ4n) is 3.22. The Morgan fingerprint density at radius 1 is 0.800 bits per heavy atom. The molecule has 3 rings (SSSR count). The maximum atomic E-state index is 12.6. The van der Waals surface area contributed by atoms with Crippen LogP contribution in [0, 0.1) is 0 Å². The first kappa shape index (κ1) is 25.7. The van der Waals surface area contributed by atoms with Crippen LogP contribution >= 0.6 is 11.6 Å². The van der Waals surface area contributed by atoms with E-state index in [1.807, 2.05) is 18.2 Å². The van der Waals surface area contributed by atoms with Crippen LogP contribution in [0.2, 0.25) is 5.02 Å². The molecule has 0 unspecified atom stereocenters. The Morgan fingerprint density at radius 3 is 2.17 bits per heavy atom.